The van der Waals surface area contributed by atoms with E-state index in [2.05, 4.69) is 0 Å². The number of ether oxygens (including phenoxy) is 6. The van der Waals surface area contributed by atoms with Gasteiger partial charge in [0.05, 0.1) is 6.61 Å². The first-order valence-corrected chi connectivity index (χ1v) is 10.6. The Hall–Kier alpha value is -0.730. The molecular weight excluding hydrogens is 352 g/mol. The lowest BCUT2D eigenvalue weighted by molar-refractivity contribution is -0.261. The average Bonchev–Trinajstić information content (AvgIpc) is 3.29. The number of carbonyl (C=O) groups is 1. The zero-order valence-corrected chi connectivity index (χ0v) is 16.0. The van der Waals surface area contributed by atoms with Crippen molar-refractivity contribution in [2.75, 3.05) is 6.61 Å². The Bertz CT molecular complexity index is 567. The van der Waals surface area contributed by atoms with E-state index < -0.39 is 36.2 Å². The van der Waals surface area contributed by atoms with Gasteiger partial charge in [0.1, 0.15) is 12.2 Å². The second kappa shape index (κ2) is 6.95. The molecule has 152 valence electrons. The van der Waals surface area contributed by atoms with E-state index in [1.807, 2.05) is 0 Å². The molecule has 0 amide bonds. The molecule has 0 aromatic carbocycles. The van der Waals surface area contributed by atoms with E-state index in [0.29, 0.717) is 6.61 Å². The number of fused-ring (bicyclic) bond motifs is 1. The SMILES string of the molecule is CC(=O)O[C@H]1[C@H]2OC3(CCCCC3)O[C@@H]2O[C@@H]1[C@@H]1COC2(CCCCC2)O1. The molecule has 5 rings (SSSR count). The van der Waals surface area contributed by atoms with Crippen molar-refractivity contribution in [2.24, 2.45) is 0 Å². The number of hydrogen-bond acceptors (Lipinski definition) is 7. The van der Waals surface area contributed by atoms with Gasteiger partial charge in [-0.25, -0.2) is 0 Å². The zero-order valence-electron chi connectivity index (χ0n) is 16.0. The summed E-state index contributed by atoms with van der Waals surface area (Å²) < 4.78 is 36.8. The van der Waals surface area contributed by atoms with Crippen LogP contribution in [0.5, 0.6) is 0 Å². The van der Waals surface area contributed by atoms with Crippen LogP contribution in [0.1, 0.15) is 71.1 Å². The maximum absolute atomic E-state index is 11.8. The summed E-state index contributed by atoms with van der Waals surface area (Å²) in [5.74, 6) is -1.40. The van der Waals surface area contributed by atoms with Crippen LogP contribution in [0, 0.1) is 0 Å². The zero-order chi connectivity index (χ0) is 18.5. The van der Waals surface area contributed by atoms with E-state index >= 15 is 0 Å². The maximum atomic E-state index is 11.8. The van der Waals surface area contributed by atoms with Crippen molar-refractivity contribution >= 4 is 5.97 Å². The van der Waals surface area contributed by atoms with Gasteiger partial charge >= 0.3 is 5.97 Å². The predicted molar refractivity (Wildman–Crippen MR) is 92.6 cm³/mol. The molecular formula is C20H30O7. The van der Waals surface area contributed by atoms with Gasteiger partial charge in [-0.2, -0.15) is 0 Å². The molecule has 2 aliphatic carbocycles. The Morgan fingerprint density at radius 2 is 1.52 bits per heavy atom. The third-order valence-corrected chi connectivity index (χ3v) is 6.66. The van der Waals surface area contributed by atoms with Gasteiger partial charge in [0, 0.05) is 32.6 Å². The van der Waals surface area contributed by atoms with Crippen molar-refractivity contribution in [3.05, 3.63) is 0 Å². The highest BCUT2D eigenvalue weighted by Crippen LogP contribution is 2.48. The molecule has 3 aliphatic heterocycles. The van der Waals surface area contributed by atoms with Crippen molar-refractivity contribution in [3.8, 4) is 0 Å². The van der Waals surface area contributed by atoms with Gasteiger partial charge in [0.25, 0.3) is 0 Å². The number of hydrogen-bond donors (Lipinski definition) is 0. The molecule has 7 nitrogen and oxygen atoms in total. The quantitative estimate of drug-likeness (QED) is 0.680. The van der Waals surface area contributed by atoms with Crippen molar-refractivity contribution < 1.29 is 33.2 Å². The van der Waals surface area contributed by atoms with E-state index in [0.717, 1.165) is 51.4 Å². The van der Waals surface area contributed by atoms with Crippen molar-refractivity contribution in [1.82, 2.24) is 0 Å². The standard InChI is InChI=1S/C20H30O7/c1-13(21)23-16-15(14-12-22-19(25-14)8-4-2-5-9-19)24-18-17(16)26-20(27-18)10-6-3-7-11-20/h14-18H,2-12H2,1H3/t14-,15+,16+,17+,18-/m0/s1. The van der Waals surface area contributed by atoms with Crippen LogP contribution in [0.2, 0.25) is 0 Å². The predicted octanol–water partition coefficient (Wildman–Crippen LogP) is 2.79. The summed E-state index contributed by atoms with van der Waals surface area (Å²) in [5, 5.41) is 0. The van der Waals surface area contributed by atoms with E-state index in [1.165, 1.54) is 19.8 Å². The highest BCUT2D eigenvalue weighted by Gasteiger charge is 2.62. The molecule has 0 bridgehead atoms. The van der Waals surface area contributed by atoms with Gasteiger partial charge in [-0.15, -0.1) is 0 Å². The highest BCUT2D eigenvalue weighted by molar-refractivity contribution is 5.66. The molecule has 5 atom stereocenters. The van der Waals surface area contributed by atoms with Gasteiger partial charge in [0.2, 0.25) is 0 Å². The topological polar surface area (TPSA) is 72.5 Å². The Kier molecular flexibility index (Phi) is 4.71. The fraction of sp³-hybridized carbons (Fsp3) is 0.950. The summed E-state index contributed by atoms with van der Waals surface area (Å²) in [4.78, 5) is 11.8. The van der Waals surface area contributed by atoms with Crippen LogP contribution in [0.3, 0.4) is 0 Å². The van der Waals surface area contributed by atoms with E-state index in [1.54, 1.807) is 0 Å². The second-order valence-electron chi connectivity index (χ2n) is 8.65. The number of carbonyl (C=O) groups excluding carboxylic acids is 1. The lowest BCUT2D eigenvalue weighted by Gasteiger charge is -2.35. The molecule has 0 N–H and O–H groups in total. The molecule has 0 unspecified atom stereocenters. The van der Waals surface area contributed by atoms with Gasteiger partial charge in [-0.3, -0.25) is 4.79 Å². The second-order valence-corrected chi connectivity index (χ2v) is 8.65. The van der Waals surface area contributed by atoms with Crippen LogP contribution in [0.15, 0.2) is 0 Å². The number of rotatable bonds is 2. The van der Waals surface area contributed by atoms with Crippen LogP contribution in [-0.2, 0) is 33.2 Å². The molecule has 0 aromatic heterocycles. The van der Waals surface area contributed by atoms with Crippen LogP contribution in [0.4, 0.5) is 0 Å². The van der Waals surface area contributed by atoms with Crippen LogP contribution >= 0.6 is 0 Å². The summed E-state index contributed by atoms with van der Waals surface area (Å²) >= 11 is 0. The van der Waals surface area contributed by atoms with Crippen molar-refractivity contribution in [1.29, 1.82) is 0 Å². The van der Waals surface area contributed by atoms with Crippen LogP contribution in [0.25, 0.3) is 0 Å². The third-order valence-electron chi connectivity index (χ3n) is 6.66. The summed E-state index contributed by atoms with van der Waals surface area (Å²) in [5.41, 5.74) is 0. The van der Waals surface area contributed by atoms with Crippen LogP contribution in [-0.4, -0.2) is 54.9 Å². The molecule has 2 saturated carbocycles. The molecule has 5 aliphatic rings. The summed E-state index contributed by atoms with van der Waals surface area (Å²) in [7, 11) is 0. The maximum Gasteiger partial charge on any atom is 0.303 e. The van der Waals surface area contributed by atoms with E-state index in [-0.39, 0.29) is 12.1 Å². The van der Waals surface area contributed by atoms with Crippen LogP contribution < -0.4 is 0 Å². The molecule has 2 spiro atoms. The average molecular weight is 382 g/mol. The summed E-state index contributed by atoms with van der Waals surface area (Å²) in [6.45, 7) is 1.87. The summed E-state index contributed by atoms with van der Waals surface area (Å²) in [6, 6.07) is 0. The first kappa shape index (κ1) is 18.3. The Morgan fingerprint density at radius 1 is 0.852 bits per heavy atom. The van der Waals surface area contributed by atoms with Gasteiger partial charge < -0.3 is 28.4 Å². The lowest BCUT2D eigenvalue weighted by atomic mass is 9.94. The first-order chi connectivity index (χ1) is 13.1. The minimum atomic E-state index is -0.575. The molecule has 3 saturated heterocycles. The highest BCUT2D eigenvalue weighted by atomic mass is 16.9. The summed E-state index contributed by atoms with van der Waals surface area (Å²) in [6.07, 6.45) is 8.27. The molecule has 3 heterocycles. The molecule has 0 aromatic rings. The third kappa shape index (κ3) is 3.31. The molecule has 27 heavy (non-hydrogen) atoms. The number of esters is 1. The van der Waals surface area contributed by atoms with Gasteiger partial charge in [-0.1, -0.05) is 12.8 Å². The molecule has 5 fully saturated rings. The molecule has 0 radical (unpaired) electrons. The Morgan fingerprint density at radius 3 is 2.19 bits per heavy atom. The van der Waals surface area contributed by atoms with Gasteiger partial charge in [-0.05, 0) is 25.7 Å². The van der Waals surface area contributed by atoms with E-state index in [4.69, 9.17) is 28.4 Å². The minimum absolute atomic E-state index is 0.271. The minimum Gasteiger partial charge on any atom is -0.457 e. The Balaban J connectivity index is 1.31. The Labute approximate surface area is 159 Å². The van der Waals surface area contributed by atoms with Crippen molar-refractivity contribution in [2.45, 2.75) is 113 Å². The van der Waals surface area contributed by atoms with E-state index in [9.17, 15) is 4.79 Å². The monoisotopic (exact) mass is 382 g/mol. The normalized spacial score (nSPS) is 42.5. The first-order valence-electron chi connectivity index (χ1n) is 10.6. The van der Waals surface area contributed by atoms with Crippen molar-refractivity contribution in [3.63, 3.8) is 0 Å². The fourth-order valence-corrected chi connectivity index (χ4v) is 5.40. The fourth-order valence-electron chi connectivity index (χ4n) is 5.40. The largest absolute Gasteiger partial charge is 0.457 e. The lowest BCUT2D eigenvalue weighted by Crippen LogP contribution is -2.46. The molecule has 7 heteroatoms. The van der Waals surface area contributed by atoms with Gasteiger partial charge in [0.15, 0.2) is 30.1 Å². The smallest absolute Gasteiger partial charge is 0.303 e.